The van der Waals surface area contributed by atoms with Crippen LogP contribution in [0.1, 0.15) is 13.8 Å². The maximum absolute atomic E-state index is 13.2. The average Bonchev–Trinajstić information content (AvgIpc) is 2.37. The quantitative estimate of drug-likeness (QED) is 0.772. The molecule has 1 aromatic carbocycles. The van der Waals surface area contributed by atoms with Crippen molar-refractivity contribution in [1.82, 2.24) is 5.32 Å². The number of rotatable bonds is 5. The molecule has 1 atom stereocenters. The van der Waals surface area contributed by atoms with Crippen molar-refractivity contribution >= 4 is 17.7 Å². The number of anilines is 1. The Balaban J connectivity index is 2.73. The molecule has 0 fully saturated rings. The molecule has 7 heteroatoms. The van der Waals surface area contributed by atoms with Crippen molar-refractivity contribution in [3.05, 3.63) is 24.0 Å². The summed E-state index contributed by atoms with van der Waals surface area (Å²) in [7, 11) is 1.31. The number of hydrogen-bond donors (Lipinski definition) is 3. The second kappa shape index (κ2) is 6.74. The molecular weight excluding hydrogens is 267 g/mol. The zero-order valence-electron chi connectivity index (χ0n) is 11.4. The molecule has 3 N–H and O–H groups in total. The van der Waals surface area contributed by atoms with Gasteiger partial charge in [0.1, 0.15) is 6.04 Å². The molecule has 2 amide bonds. The highest BCUT2D eigenvalue weighted by Gasteiger charge is 2.23. The minimum absolute atomic E-state index is 0.0126. The van der Waals surface area contributed by atoms with Crippen LogP contribution in [0.2, 0.25) is 0 Å². The fraction of sp³-hybridized carbons (Fsp3) is 0.385. The van der Waals surface area contributed by atoms with Gasteiger partial charge in [0.05, 0.1) is 7.11 Å². The zero-order chi connectivity index (χ0) is 15.3. The topological polar surface area (TPSA) is 87.7 Å². The number of hydrogen-bond acceptors (Lipinski definition) is 3. The minimum atomic E-state index is -1.12. The summed E-state index contributed by atoms with van der Waals surface area (Å²) in [5.41, 5.74) is 0.300. The summed E-state index contributed by atoms with van der Waals surface area (Å²) in [5.74, 6) is -1.95. The predicted molar refractivity (Wildman–Crippen MR) is 71.4 cm³/mol. The molecule has 20 heavy (non-hydrogen) atoms. The molecule has 110 valence electrons. The Morgan fingerprint density at radius 2 is 2.00 bits per heavy atom. The van der Waals surface area contributed by atoms with Crippen LogP contribution in [0.15, 0.2) is 18.2 Å². The van der Waals surface area contributed by atoms with Crippen LogP contribution in [-0.4, -0.2) is 30.3 Å². The van der Waals surface area contributed by atoms with Gasteiger partial charge in [0.25, 0.3) is 0 Å². The molecular formula is C13H17FN2O4. The molecule has 0 aliphatic rings. The number of halogens is 1. The van der Waals surface area contributed by atoms with Crippen molar-refractivity contribution in [3.63, 3.8) is 0 Å². The molecule has 0 aromatic heterocycles. The van der Waals surface area contributed by atoms with Crippen molar-refractivity contribution in [3.8, 4) is 5.75 Å². The standard InChI is InChI=1S/C13H17FN2O4/c1-7(2)11(12(17)18)16-13(19)15-8-4-5-9(14)10(6-8)20-3/h4-7,11H,1-3H3,(H,17,18)(H2,15,16,19). The second-order valence-electron chi connectivity index (χ2n) is 4.51. The van der Waals surface area contributed by atoms with Gasteiger partial charge in [0, 0.05) is 11.8 Å². The summed E-state index contributed by atoms with van der Waals surface area (Å²) in [5, 5.41) is 13.7. The number of amides is 2. The van der Waals surface area contributed by atoms with Crippen LogP contribution in [0.5, 0.6) is 5.75 Å². The molecule has 1 unspecified atom stereocenters. The van der Waals surface area contributed by atoms with Crippen molar-refractivity contribution in [2.24, 2.45) is 5.92 Å². The normalized spacial score (nSPS) is 11.8. The lowest BCUT2D eigenvalue weighted by Gasteiger charge is -2.18. The zero-order valence-corrected chi connectivity index (χ0v) is 11.4. The van der Waals surface area contributed by atoms with Crippen molar-refractivity contribution in [2.45, 2.75) is 19.9 Å². The third-order valence-electron chi connectivity index (χ3n) is 2.63. The smallest absolute Gasteiger partial charge is 0.326 e. The number of methoxy groups -OCH3 is 1. The average molecular weight is 284 g/mol. The van der Waals surface area contributed by atoms with Gasteiger partial charge in [0.15, 0.2) is 11.6 Å². The van der Waals surface area contributed by atoms with E-state index in [1.165, 1.54) is 19.2 Å². The maximum Gasteiger partial charge on any atom is 0.326 e. The summed E-state index contributed by atoms with van der Waals surface area (Å²) in [6.07, 6.45) is 0. The largest absolute Gasteiger partial charge is 0.494 e. The fourth-order valence-corrected chi connectivity index (χ4v) is 1.56. The van der Waals surface area contributed by atoms with Crippen LogP contribution in [-0.2, 0) is 4.79 Å². The number of ether oxygens (including phenoxy) is 1. The van der Waals surface area contributed by atoms with Gasteiger partial charge < -0.3 is 20.5 Å². The molecule has 0 heterocycles. The first-order valence-electron chi connectivity index (χ1n) is 5.99. The fourth-order valence-electron chi connectivity index (χ4n) is 1.56. The number of carboxylic acids is 1. The summed E-state index contributed by atoms with van der Waals surface area (Å²) < 4.78 is 18.0. The Labute approximate surface area is 115 Å². The van der Waals surface area contributed by atoms with Crippen LogP contribution >= 0.6 is 0 Å². The summed E-state index contributed by atoms with van der Waals surface area (Å²) in [6, 6.07) is 2.12. The highest BCUT2D eigenvalue weighted by molar-refractivity contribution is 5.92. The Morgan fingerprint density at radius 3 is 2.50 bits per heavy atom. The first kappa shape index (κ1) is 15.7. The molecule has 0 saturated heterocycles. The van der Waals surface area contributed by atoms with Crippen molar-refractivity contribution in [1.29, 1.82) is 0 Å². The molecule has 0 aliphatic heterocycles. The van der Waals surface area contributed by atoms with Crippen molar-refractivity contribution in [2.75, 3.05) is 12.4 Å². The number of benzene rings is 1. The van der Waals surface area contributed by atoms with Crippen LogP contribution in [0.25, 0.3) is 0 Å². The lowest BCUT2D eigenvalue weighted by molar-refractivity contribution is -0.140. The van der Waals surface area contributed by atoms with Gasteiger partial charge in [-0.15, -0.1) is 0 Å². The van der Waals surface area contributed by atoms with Crippen LogP contribution < -0.4 is 15.4 Å². The third kappa shape index (κ3) is 4.11. The Hall–Kier alpha value is -2.31. The number of nitrogens with one attached hydrogen (secondary N) is 2. The minimum Gasteiger partial charge on any atom is -0.494 e. The number of aliphatic carboxylic acids is 1. The third-order valence-corrected chi connectivity index (χ3v) is 2.63. The second-order valence-corrected chi connectivity index (χ2v) is 4.51. The number of carboxylic acid groups (broad SMARTS) is 1. The van der Waals surface area contributed by atoms with E-state index in [1.807, 2.05) is 0 Å². The maximum atomic E-state index is 13.2. The lowest BCUT2D eigenvalue weighted by atomic mass is 10.1. The van der Waals surface area contributed by atoms with Gasteiger partial charge in [-0.1, -0.05) is 13.8 Å². The lowest BCUT2D eigenvalue weighted by Crippen LogP contribution is -2.46. The van der Waals surface area contributed by atoms with Gasteiger partial charge in [-0.2, -0.15) is 0 Å². The van der Waals surface area contributed by atoms with E-state index in [9.17, 15) is 14.0 Å². The first-order chi connectivity index (χ1) is 9.35. The van der Waals surface area contributed by atoms with Gasteiger partial charge in [-0.25, -0.2) is 14.0 Å². The van der Waals surface area contributed by atoms with Gasteiger partial charge in [0.2, 0.25) is 0 Å². The van der Waals surface area contributed by atoms with Crippen LogP contribution in [0.3, 0.4) is 0 Å². The Morgan fingerprint density at radius 1 is 1.35 bits per heavy atom. The molecule has 0 saturated carbocycles. The summed E-state index contributed by atoms with van der Waals surface area (Å²) in [4.78, 5) is 22.7. The number of carbonyl (C=O) groups excluding carboxylic acids is 1. The molecule has 0 bridgehead atoms. The van der Waals surface area contributed by atoms with E-state index < -0.39 is 23.9 Å². The van der Waals surface area contributed by atoms with Gasteiger partial charge in [-0.05, 0) is 18.1 Å². The number of urea groups is 1. The molecule has 1 aromatic rings. The SMILES string of the molecule is COc1cc(NC(=O)NC(C(=O)O)C(C)C)ccc1F. The predicted octanol–water partition coefficient (Wildman–Crippen LogP) is 2.06. The van der Waals surface area contributed by atoms with Crippen LogP contribution in [0, 0.1) is 11.7 Å². The summed E-state index contributed by atoms with van der Waals surface area (Å²) in [6.45, 7) is 3.36. The van der Waals surface area contributed by atoms with Crippen molar-refractivity contribution < 1.29 is 23.8 Å². The molecule has 0 radical (unpaired) electrons. The molecule has 6 nitrogen and oxygen atoms in total. The van der Waals surface area contributed by atoms with E-state index in [-0.39, 0.29) is 11.7 Å². The highest BCUT2D eigenvalue weighted by atomic mass is 19.1. The van der Waals surface area contributed by atoms with E-state index in [0.717, 1.165) is 6.07 Å². The number of carbonyl (C=O) groups is 2. The van der Waals surface area contributed by atoms with E-state index in [0.29, 0.717) is 5.69 Å². The van der Waals surface area contributed by atoms with E-state index >= 15 is 0 Å². The van der Waals surface area contributed by atoms with Gasteiger partial charge in [-0.3, -0.25) is 0 Å². The monoisotopic (exact) mass is 284 g/mol. The summed E-state index contributed by atoms with van der Waals surface area (Å²) >= 11 is 0. The Bertz CT molecular complexity index is 505. The Kier molecular flexibility index (Phi) is 5.31. The highest BCUT2D eigenvalue weighted by Crippen LogP contribution is 2.21. The van der Waals surface area contributed by atoms with Crippen LogP contribution in [0.4, 0.5) is 14.9 Å². The van der Waals surface area contributed by atoms with E-state index in [1.54, 1.807) is 13.8 Å². The molecule has 0 aliphatic carbocycles. The van der Waals surface area contributed by atoms with E-state index in [4.69, 9.17) is 9.84 Å². The van der Waals surface area contributed by atoms with E-state index in [2.05, 4.69) is 10.6 Å². The van der Waals surface area contributed by atoms with Gasteiger partial charge >= 0.3 is 12.0 Å². The molecule has 0 spiro atoms. The molecule has 1 rings (SSSR count). The first-order valence-corrected chi connectivity index (χ1v) is 5.99.